The quantitative estimate of drug-likeness (QED) is 0.0605. The molecular weight excluding hydrogens is 725 g/mol. The van der Waals surface area contributed by atoms with E-state index >= 15 is 0 Å². The average Bonchev–Trinajstić information content (AvgIpc) is 3.67. The first-order chi connectivity index (χ1) is 27.5. The highest BCUT2D eigenvalue weighted by molar-refractivity contribution is 5.86. The summed E-state index contributed by atoms with van der Waals surface area (Å²) < 4.78 is 27.5. The van der Waals surface area contributed by atoms with Gasteiger partial charge in [-0.1, -0.05) is 39.8 Å². The lowest BCUT2D eigenvalue weighted by Crippen LogP contribution is -2.40. The molecule has 1 aliphatic rings. The molecule has 0 saturated carbocycles. The normalized spacial score (nSPS) is 13.1. The number of unbranched alkanes of at least 4 members (excludes halogenated alkanes) is 1. The zero-order valence-electron chi connectivity index (χ0n) is 35.7. The number of esters is 1. The van der Waals surface area contributed by atoms with Crippen LogP contribution in [-0.4, -0.2) is 75.6 Å². The lowest BCUT2D eigenvalue weighted by atomic mass is 9.93. The predicted octanol–water partition coefficient (Wildman–Crippen LogP) is 8.36. The van der Waals surface area contributed by atoms with Crippen LogP contribution in [0.25, 0.3) is 11.1 Å². The van der Waals surface area contributed by atoms with Crippen molar-refractivity contribution in [3.63, 3.8) is 0 Å². The summed E-state index contributed by atoms with van der Waals surface area (Å²) in [4.78, 5) is 40.6. The zero-order chi connectivity index (χ0) is 41.9. The Hall–Kier alpha value is -4.94. The molecule has 1 aliphatic heterocycles. The summed E-state index contributed by atoms with van der Waals surface area (Å²) in [6.45, 7) is 19.9. The third kappa shape index (κ3) is 13.3. The highest BCUT2D eigenvalue weighted by Gasteiger charge is 2.29. The molecule has 1 unspecified atom stereocenters. The molecule has 0 aliphatic carbocycles. The minimum absolute atomic E-state index is 0.0104. The third-order valence-corrected chi connectivity index (χ3v) is 9.86. The molecular formula is C45H64N4O8. The van der Waals surface area contributed by atoms with Crippen LogP contribution in [0.3, 0.4) is 0 Å². The molecule has 0 spiro atoms. The summed E-state index contributed by atoms with van der Waals surface area (Å²) >= 11 is 0. The number of nitrogens with one attached hydrogen (secondary N) is 2. The van der Waals surface area contributed by atoms with Crippen molar-refractivity contribution in [2.24, 2.45) is 5.92 Å². The SMILES string of the molecule is CC.CCN(c1cc(-c2ccc(OCCCCOc3cc(C(C(=O)OC)C(C)C)on3)cc2)cc(C=O)c1C)C1CCOCC1.CNCc1c(C)cc(C)[nH]c1=O. The van der Waals surface area contributed by atoms with Crippen molar-refractivity contribution in [3.8, 4) is 22.8 Å². The van der Waals surface area contributed by atoms with Gasteiger partial charge in [0.1, 0.15) is 18.0 Å². The summed E-state index contributed by atoms with van der Waals surface area (Å²) in [5, 5.41) is 6.90. The number of methoxy groups -OCH3 is 1. The second kappa shape index (κ2) is 24.0. The molecule has 1 saturated heterocycles. The van der Waals surface area contributed by atoms with Gasteiger partial charge < -0.3 is 38.7 Å². The number of ether oxygens (including phenoxy) is 4. The third-order valence-electron chi connectivity index (χ3n) is 9.86. The molecule has 3 heterocycles. The van der Waals surface area contributed by atoms with Gasteiger partial charge in [-0.2, -0.15) is 0 Å². The van der Waals surface area contributed by atoms with E-state index in [-0.39, 0.29) is 17.4 Å². The van der Waals surface area contributed by atoms with Crippen LogP contribution in [0.5, 0.6) is 11.6 Å². The maximum absolute atomic E-state index is 12.1. The van der Waals surface area contributed by atoms with Crippen molar-refractivity contribution in [1.82, 2.24) is 15.5 Å². The fourth-order valence-corrected chi connectivity index (χ4v) is 6.85. The minimum atomic E-state index is -0.516. The summed E-state index contributed by atoms with van der Waals surface area (Å²) in [5.74, 6) is 0.719. The van der Waals surface area contributed by atoms with Crippen molar-refractivity contribution in [1.29, 1.82) is 0 Å². The molecule has 1 atom stereocenters. The van der Waals surface area contributed by atoms with Crippen molar-refractivity contribution < 1.29 is 33.1 Å². The van der Waals surface area contributed by atoms with Crippen LogP contribution in [0, 0.1) is 26.7 Å². The number of nitrogens with zero attached hydrogens (tertiary/aromatic N) is 2. The van der Waals surface area contributed by atoms with Gasteiger partial charge >= 0.3 is 5.97 Å². The van der Waals surface area contributed by atoms with Gasteiger partial charge in [0.2, 0.25) is 0 Å². The lowest BCUT2D eigenvalue weighted by molar-refractivity contribution is -0.144. The van der Waals surface area contributed by atoms with Gasteiger partial charge in [-0.25, -0.2) is 0 Å². The molecule has 4 aromatic rings. The predicted molar refractivity (Wildman–Crippen MR) is 226 cm³/mol. The molecule has 312 valence electrons. The fourth-order valence-electron chi connectivity index (χ4n) is 6.85. The van der Waals surface area contributed by atoms with Gasteiger partial charge in [-0.3, -0.25) is 14.4 Å². The van der Waals surface area contributed by atoms with E-state index < -0.39 is 5.92 Å². The van der Waals surface area contributed by atoms with Crippen LogP contribution in [0.4, 0.5) is 5.69 Å². The van der Waals surface area contributed by atoms with Crippen LogP contribution in [-0.2, 0) is 20.8 Å². The first kappa shape index (κ1) is 46.4. The smallest absolute Gasteiger partial charge is 0.316 e. The largest absolute Gasteiger partial charge is 0.494 e. The first-order valence-electron chi connectivity index (χ1n) is 20.2. The van der Waals surface area contributed by atoms with E-state index in [2.05, 4.69) is 33.3 Å². The number of pyridine rings is 1. The number of hydrogen-bond acceptors (Lipinski definition) is 11. The molecule has 0 amide bonds. The van der Waals surface area contributed by atoms with Crippen molar-refractivity contribution in [3.05, 3.63) is 92.6 Å². The molecule has 2 N–H and O–H groups in total. The van der Waals surface area contributed by atoms with Gasteiger partial charge in [0.25, 0.3) is 11.4 Å². The summed E-state index contributed by atoms with van der Waals surface area (Å²) in [6, 6.07) is 16.2. The van der Waals surface area contributed by atoms with Gasteiger partial charge in [0.15, 0.2) is 5.76 Å². The molecule has 12 nitrogen and oxygen atoms in total. The lowest BCUT2D eigenvalue weighted by Gasteiger charge is -2.36. The summed E-state index contributed by atoms with van der Waals surface area (Å²) in [6.07, 6.45) is 4.50. The molecule has 0 radical (unpaired) electrons. The van der Waals surface area contributed by atoms with Gasteiger partial charge in [0, 0.05) is 60.9 Å². The van der Waals surface area contributed by atoms with Crippen LogP contribution in [0.15, 0.2) is 57.8 Å². The molecule has 1 fully saturated rings. The number of anilines is 1. The van der Waals surface area contributed by atoms with E-state index in [9.17, 15) is 14.4 Å². The van der Waals surface area contributed by atoms with Crippen molar-refractivity contribution >= 4 is 17.9 Å². The van der Waals surface area contributed by atoms with Gasteiger partial charge in [-0.05, 0) is 124 Å². The molecule has 12 heteroatoms. The molecule has 57 heavy (non-hydrogen) atoms. The number of rotatable bonds is 17. The van der Waals surface area contributed by atoms with Crippen LogP contribution in [0.1, 0.15) is 105 Å². The molecule has 5 rings (SSSR count). The Labute approximate surface area is 338 Å². The highest BCUT2D eigenvalue weighted by Crippen LogP contribution is 2.34. The van der Waals surface area contributed by atoms with Crippen LogP contribution in [0.2, 0.25) is 0 Å². The standard InChI is InChI=1S/C34H44N2O7.C9H14N2O.C2H6/c1-6-36(28-13-17-40-18-14-28)30-20-26(19-27(22-37)24(30)4)25-9-11-29(12-10-25)41-15-7-8-16-42-32-21-31(43-35-32)33(23(2)3)34(38)39-5;1-6-4-7(2)11-9(12)8(6)5-10-3;1-2/h9-12,19-23,28,33H,6-8,13-18H2,1-5H3;4,10H,5H2,1-3H3,(H,11,12);1-2H3. The highest BCUT2D eigenvalue weighted by atomic mass is 16.5. The second-order valence-corrected chi connectivity index (χ2v) is 14.2. The zero-order valence-corrected chi connectivity index (χ0v) is 35.7. The Balaban J connectivity index is 0.000000527. The number of aromatic amines is 1. The first-order valence-corrected chi connectivity index (χ1v) is 20.2. The summed E-state index contributed by atoms with van der Waals surface area (Å²) in [5.41, 5.74) is 7.69. The Kier molecular flexibility index (Phi) is 19.5. The topological polar surface area (TPSA) is 145 Å². The van der Waals surface area contributed by atoms with Gasteiger partial charge in [-0.15, -0.1) is 0 Å². The van der Waals surface area contributed by atoms with Gasteiger partial charge in [0.05, 0.1) is 20.3 Å². The maximum Gasteiger partial charge on any atom is 0.316 e. The van der Waals surface area contributed by atoms with E-state index in [1.54, 1.807) is 6.07 Å². The Morgan fingerprint density at radius 2 is 1.67 bits per heavy atom. The van der Waals surface area contributed by atoms with E-state index in [4.69, 9.17) is 23.5 Å². The second-order valence-electron chi connectivity index (χ2n) is 14.2. The van der Waals surface area contributed by atoms with Crippen molar-refractivity contribution in [2.75, 3.05) is 52.0 Å². The number of aryl methyl sites for hydroxylation is 2. The average molecular weight is 789 g/mol. The number of benzene rings is 2. The molecule has 2 aromatic carbocycles. The van der Waals surface area contributed by atoms with E-state index in [0.717, 1.165) is 96.7 Å². The van der Waals surface area contributed by atoms with Crippen LogP contribution >= 0.6 is 0 Å². The Morgan fingerprint density at radius 3 is 2.25 bits per heavy atom. The number of carbonyl (C=O) groups is 2. The van der Waals surface area contributed by atoms with Crippen LogP contribution < -0.4 is 25.2 Å². The minimum Gasteiger partial charge on any atom is -0.494 e. The summed E-state index contributed by atoms with van der Waals surface area (Å²) in [7, 11) is 3.19. The Bertz CT molecular complexity index is 1880. The number of hydrogen-bond donors (Lipinski definition) is 2. The Morgan fingerprint density at radius 1 is 1.00 bits per heavy atom. The van der Waals surface area contributed by atoms with E-state index in [0.29, 0.717) is 43.0 Å². The maximum atomic E-state index is 12.1. The fraction of sp³-hybridized carbons (Fsp3) is 0.511. The number of aldehydes is 1. The monoisotopic (exact) mass is 788 g/mol. The van der Waals surface area contributed by atoms with E-state index in [1.165, 1.54) is 7.11 Å². The number of aromatic nitrogens is 2. The molecule has 2 aromatic heterocycles. The molecule has 0 bridgehead atoms. The number of carbonyl (C=O) groups excluding carboxylic acids is 2. The van der Waals surface area contributed by atoms with Crippen molar-refractivity contribution in [2.45, 2.75) is 99.6 Å². The van der Waals surface area contributed by atoms with E-state index in [1.807, 2.05) is 91.9 Å². The number of H-pyrrole nitrogens is 1.